The minimum absolute atomic E-state index is 0.0175. The summed E-state index contributed by atoms with van der Waals surface area (Å²) < 4.78 is 1.49. The second-order valence-corrected chi connectivity index (χ2v) is 4.98. The highest BCUT2D eigenvalue weighted by Gasteiger charge is 2.39. The van der Waals surface area contributed by atoms with E-state index >= 15 is 0 Å². The number of carboxylic acid groups (broad SMARTS) is 1. The second-order valence-electron chi connectivity index (χ2n) is 4.98. The van der Waals surface area contributed by atoms with Gasteiger partial charge in [0.25, 0.3) is 5.91 Å². The quantitative estimate of drug-likeness (QED) is 0.752. The maximum atomic E-state index is 12.4. The number of aryl methyl sites for hydroxylation is 1. The SMILES string of the molecule is CC(=O)c1cc(C(=O)N2CC(O)CC2C(=O)O)n(C)c1. The molecule has 7 heteroatoms. The molecular weight excluding hydrogens is 264 g/mol. The zero-order valence-corrected chi connectivity index (χ0v) is 11.2. The molecule has 2 N–H and O–H groups in total. The summed E-state index contributed by atoms with van der Waals surface area (Å²) in [6, 6.07) is 0.405. The lowest BCUT2D eigenvalue weighted by Crippen LogP contribution is -2.41. The Bertz CT molecular complexity index is 577. The average Bonchev–Trinajstić information content (AvgIpc) is 2.92. The minimum atomic E-state index is -1.14. The van der Waals surface area contributed by atoms with Crippen molar-refractivity contribution in [3.05, 3.63) is 23.5 Å². The first kappa shape index (κ1) is 14.3. The lowest BCUT2D eigenvalue weighted by atomic mass is 10.2. The summed E-state index contributed by atoms with van der Waals surface area (Å²) in [5, 5.41) is 18.7. The minimum Gasteiger partial charge on any atom is -0.480 e. The largest absolute Gasteiger partial charge is 0.480 e. The molecule has 0 aromatic carbocycles. The highest BCUT2D eigenvalue weighted by atomic mass is 16.4. The number of ketones is 1. The van der Waals surface area contributed by atoms with Crippen molar-refractivity contribution in [2.45, 2.75) is 25.5 Å². The van der Waals surface area contributed by atoms with Crippen molar-refractivity contribution >= 4 is 17.7 Å². The first-order valence-electron chi connectivity index (χ1n) is 6.20. The number of rotatable bonds is 3. The van der Waals surface area contributed by atoms with Crippen LogP contribution in [0.4, 0.5) is 0 Å². The van der Waals surface area contributed by atoms with Gasteiger partial charge < -0.3 is 19.7 Å². The van der Waals surface area contributed by atoms with Gasteiger partial charge >= 0.3 is 5.97 Å². The van der Waals surface area contributed by atoms with E-state index in [1.807, 2.05) is 0 Å². The molecule has 1 saturated heterocycles. The van der Waals surface area contributed by atoms with E-state index in [2.05, 4.69) is 0 Å². The standard InChI is InChI=1S/C13H16N2O5/c1-7(16)8-3-10(14(2)5-8)12(18)15-6-9(17)4-11(15)13(19)20/h3,5,9,11,17H,4,6H2,1-2H3,(H,19,20). The van der Waals surface area contributed by atoms with Crippen LogP contribution in [0.1, 0.15) is 34.2 Å². The van der Waals surface area contributed by atoms with E-state index in [0.29, 0.717) is 5.56 Å². The molecule has 1 aliphatic rings. The van der Waals surface area contributed by atoms with Crippen molar-refractivity contribution in [3.63, 3.8) is 0 Å². The number of aromatic nitrogens is 1. The Morgan fingerprint density at radius 3 is 2.50 bits per heavy atom. The van der Waals surface area contributed by atoms with E-state index < -0.39 is 24.0 Å². The van der Waals surface area contributed by atoms with Crippen molar-refractivity contribution in [1.82, 2.24) is 9.47 Å². The van der Waals surface area contributed by atoms with Crippen LogP contribution in [0, 0.1) is 0 Å². The maximum Gasteiger partial charge on any atom is 0.326 e. The van der Waals surface area contributed by atoms with E-state index in [4.69, 9.17) is 5.11 Å². The first-order valence-corrected chi connectivity index (χ1v) is 6.20. The molecular formula is C13H16N2O5. The zero-order chi connectivity index (χ0) is 15.0. The van der Waals surface area contributed by atoms with Crippen LogP contribution in [0.5, 0.6) is 0 Å². The third-order valence-electron chi connectivity index (χ3n) is 3.46. The van der Waals surface area contributed by atoms with Gasteiger partial charge in [-0.2, -0.15) is 0 Å². The van der Waals surface area contributed by atoms with E-state index in [9.17, 15) is 19.5 Å². The number of aliphatic hydroxyl groups excluding tert-OH is 1. The number of nitrogens with zero attached hydrogens (tertiary/aromatic N) is 2. The van der Waals surface area contributed by atoms with Crippen LogP contribution in [0.2, 0.25) is 0 Å². The van der Waals surface area contributed by atoms with E-state index in [-0.39, 0.29) is 24.4 Å². The Morgan fingerprint density at radius 1 is 1.35 bits per heavy atom. The highest BCUT2D eigenvalue weighted by Crippen LogP contribution is 2.21. The van der Waals surface area contributed by atoms with Crippen molar-refractivity contribution in [1.29, 1.82) is 0 Å². The predicted octanol–water partition coefficient (Wildman–Crippen LogP) is -0.112. The molecule has 1 aliphatic heterocycles. The van der Waals surface area contributed by atoms with Crippen LogP contribution in [0.15, 0.2) is 12.3 Å². The van der Waals surface area contributed by atoms with Crippen LogP contribution in [-0.2, 0) is 11.8 Å². The van der Waals surface area contributed by atoms with Crippen LogP contribution in [0.25, 0.3) is 0 Å². The van der Waals surface area contributed by atoms with Gasteiger partial charge in [0.1, 0.15) is 11.7 Å². The number of likely N-dealkylation sites (tertiary alicyclic amines) is 1. The van der Waals surface area contributed by atoms with Gasteiger partial charge in [-0.05, 0) is 13.0 Å². The number of hydrogen-bond donors (Lipinski definition) is 2. The fraction of sp³-hybridized carbons (Fsp3) is 0.462. The summed E-state index contributed by atoms with van der Waals surface area (Å²) in [4.78, 5) is 35.9. The average molecular weight is 280 g/mol. The van der Waals surface area contributed by atoms with E-state index in [1.54, 1.807) is 7.05 Å². The Labute approximate surface area is 115 Å². The molecule has 0 spiro atoms. The van der Waals surface area contributed by atoms with Crippen LogP contribution in [0.3, 0.4) is 0 Å². The first-order chi connectivity index (χ1) is 9.31. The number of carboxylic acids is 1. The lowest BCUT2D eigenvalue weighted by Gasteiger charge is -2.21. The summed E-state index contributed by atoms with van der Waals surface area (Å²) in [6.07, 6.45) is 0.704. The van der Waals surface area contributed by atoms with Crippen molar-refractivity contribution in [2.24, 2.45) is 7.05 Å². The monoisotopic (exact) mass is 280 g/mol. The van der Waals surface area contributed by atoms with Gasteiger partial charge in [-0.15, -0.1) is 0 Å². The second kappa shape index (κ2) is 5.09. The predicted molar refractivity (Wildman–Crippen MR) is 68.5 cm³/mol. The van der Waals surface area contributed by atoms with Gasteiger partial charge in [0, 0.05) is 31.8 Å². The molecule has 1 aromatic heterocycles. The molecule has 1 fully saturated rings. The van der Waals surface area contributed by atoms with Crippen LogP contribution < -0.4 is 0 Å². The summed E-state index contributed by atoms with van der Waals surface area (Å²) in [7, 11) is 1.61. The zero-order valence-electron chi connectivity index (χ0n) is 11.2. The van der Waals surface area contributed by atoms with Gasteiger partial charge in [0.2, 0.25) is 0 Å². The summed E-state index contributed by atoms with van der Waals surface area (Å²) in [6.45, 7) is 1.37. The summed E-state index contributed by atoms with van der Waals surface area (Å²) in [5.74, 6) is -1.81. The van der Waals surface area contributed by atoms with Gasteiger partial charge in [0.05, 0.1) is 6.10 Å². The number of aliphatic carboxylic acids is 1. The molecule has 7 nitrogen and oxygen atoms in total. The number of carbonyl (C=O) groups excluding carboxylic acids is 2. The summed E-state index contributed by atoms with van der Waals surface area (Å²) >= 11 is 0. The Hall–Kier alpha value is -2.15. The third kappa shape index (κ3) is 2.44. The molecule has 108 valence electrons. The van der Waals surface area contributed by atoms with Gasteiger partial charge in [-0.1, -0.05) is 0 Å². The van der Waals surface area contributed by atoms with E-state index in [1.165, 1.54) is 23.8 Å². The lowest BCUT2D eigenvalue weighted by molar-refractivity contribution is -0.141. The normalized spacial score (nSPS) is 22.1. The third-order valence-corrected chi connectivity index (χ3v) is 3.46. The summed E-state index contributed by atoms with van der Waals surface area (Å²) in [5.41, 5.74) is 0.623. The molecule has 0 bridgehead atoms. The smallest absolute Gasteiger partial charge is 0.326 e. The highest BCUT2D eigenvalue weighted by molar-refractivity contribution is 6.00. The maximum absolute atomic E-state index is 12.4. The van der Waals surface area contributed by atoms with Crippen LogP contribution >= 0.6 is 0 Å². The van der Waals surface area contributed by atoms with Gasteiger partial charge in [-0.25, -0.2) is 4.79 Å². The molecule has 2 atom stereocenters. The van der Waals surface area contributed by atoms with Crippen molar-refractivity contribution in [3.8, 4) is 0 Å². The molecule has 2 heterocycles. The number of carbonyl (C=O) groups is 3. The fourth-order valence-electron chi connectivity index (χ4n) is 2.39. The Balaban J connectivity index is 2.31. The van der Waals surface area contributed by atoms with Gasteiger partial charge in [0.15, 0.2) is 5.78 Å². The molecule has 1 amide bonds. The van der Waals surface area contributed by atoms with Gasteiger partial charge in [-0.3, -0.25) is 9.59 Å². The number of hydrogen-bond acceptors (Lipinski definition) is 4. The molecule has 1 aromatic rings. The van der Waals surface area contributed by atoms with Crippen molar-refractivity contribution in [2.75, 3.05) is 6.54 Å². The molecule has 0 aliphatic carbocycles. The number of amides is 1. The number of Topliss-reactive ketones (excluding diaryl/α,β-unsaturated/α-hetero) is 1. The fourth-order valence-corrected chi connectivity index (χ4v) is 2.39. The Kier molecular flexibility index (Phi) is 3.63. The molecule has 2 unspecified atom stereocenters. The van der Waals surface area contributed by atoms with Crippen LogP contribution in [-0.4, -0.2) is 56.0 Å². The molecule has 20 heavy (non-hydrogen) atoms. The Morgan fingerprint density at radius 2 is 2.00 bits per heavy atom. The molecule has 2 rings (SSSR count). The number of aliphatic hydroxyl groups is 1. The molecule has 0 saturated carbocycles. The molecule has 0 radical (unpaired) electrons. The number of β-amino-alcohol motifs (C(OH)–C–C–N with tert-alkyl or cyclic N) is 1. The van der Waals surface area contributed by atoms with Crippen molar-refractivity contribution < 1.29 is 24.6 Å². The topological polar surface area (TPSA) is 99.8 Å². The van der Waals surface area contributed by atoms with E-state index in [0.717, 1.165) is 4.90 Å².